The van der Waals surface area contributed by atoms with Gasteiger partial charge in [-0.25, -0.2) is 0 Å². The first-order valence-electron chi connectivity index (χ1n) is 7.77. The number of aryl methyl sites for hydroxylation is 1. The van der Waals surface area contributed by atoms with E-state index in [1.807, 2.05) is 0 Å². The van der Waals surface area contributed by atoms with E-state index >= 15 is 0 Å². The molecule has 4 rings (SSSR count). The van der Waals surface area contributed by atoms with Gasteiger partial charge in [-0.15, -0.1) is 0 Å². The van der Waals surface area contributed by atoms with Crippen molar-refractivity contribution in [2.75, 3.05) is 6.61 Å². The Bertz CT molecular complexity index is 553. The summed E-state index contributed by atoms with van der Waals surface area (Å²) in [5, 5.41) is 19.5. The third kappa shape index (κ3) is 1.62. The van der Waals surface area contributed by atoms with Crippen LogP contribution in [0.15, 0.2) is 12.1 Å². The second-order valence-electron chi connectivity index (χ2n) is 6.94. The Labute approximate surface area is 119 Å². The van der Waals surface area contributed by atoms with Crippen LogP contribution in [0.25, 0.3) is 0 Å². The number of benzene rings is 1. The number of rotatable bonds is 0. The Kier molecular flexibility index (Phi) is 2.59. The summed E-state index contributed by atoms with van der Waals surface area (Å²) in [6.07, 6.45) is 5.62. The lowest BCUT2D eigenvalue weighted by Gasteiger charge is -2.48. The highest BCUT2D eigenvalue weighted by Crippen LogP contribution is 2.56. The van der Waals surface area contributed by atoms with Crippen molar-refractivity contribution in [3.05, 3.63) is 23.3 Å². The molecule has 2 N–H and O–H groups in total. The first-order chi connectivity index (χ1) is 9.58. The summed E-state index contributed by atoms with van der Waals surface area (Å²) in [6, 6.07) is 3.57. The zero-order valence-electron chi connectivity index (χ0n) is 11.9. The van der Waals surface area contributed by atoms with Crippen molar-refractivity contribution in [3.8, 4) is 11.5 Å². The number of fused-ring (bicyclic) bond motifs is 5. The van der Waals surface area contributed by atoms with Gasteiger partial charge in [0.1, 0.15) is 0 Å². The lowest BCUT2D eigenvalue weighted by molar-refractivity contribution is -0.0567. The molecule has 3 heteroatoms. The Morgan fingerprint density at radius 1 is 1.15 bits per heavy atom. The van der Waals surface area contributed by atoms with E-state index in [9.17, 15) is 10.2 Å². The van der Waals surface area contributed by atoms with E-state index < -0.39 is 0 Å². The molecule has 0 bridgehead atoms. The third-order valence-electron chi connectivity index (χ3n) is 6.01. The van der Waals surface area contributed by atoms with Crippen LogP contribution in [0.4, 0.5) is 0 Å². The van der Waals surface area contributed by atoms with E-state index in [2.05, 4.69) is 6.92 Å². The van der Waals surface area contributed by atoms with Gasteiger partial charge in [-0.2, -0.15) is 0 Å². The summed E-state index contributed by atoms with van der Waals surface area (Å²) in [5.74, 6) is 1.91. The van der Waals surface area contributed by atoms with Gasteiger partial charge < -0.3 is 14.9 Å². The van der Waals surface area contributed by atoms with Crippen molar-refractivity contribution in [2.45, 2.75) is 50.5 Å². The van der Waals surface area contributed by atoms with Crippen LogP contribution in [0.2, 0.25) is 0 Å². The van der Waals surface area contributed by atoms with E-state index in [-0.39, 0.29) is 17.1 Å². The molecule has 4 atom stereocenters. The Morgan fingerprint density at radius 3 is 2.80 bits per heavy atom. The van der Waals surface area contributed by atoms with Crippen LogP contribution in [-0.2, 0) is 11.2 Å². The van der Waals surface area contributed by atoms with Crippen LogP contribution in [0, 0.1) is 11.8 Å². The molecule has 1 saturated carbocycles. The first kappa shape index (κ1) is 12.5. The number of phenols is 2. The minimum Gasteiger partial charge on any atom is -0.504 e. The maximum atomic E-state index is 9.83. The molecule has 2 aliphatic carbocycles. The summed E-state index contributed by atoms with van der Waals surface area (Å²) in [5.41, 5.74) is 2.58. The lowest BCUT2D eigenvalue weighted by atomic mass is 9.59. The van der Waals surface area contributed by atoms with Crippen molar-refractivity contribution in [2.24, 2.45) is 11.8 Å². The van der Waals surface area contributed by atoms with E-state index in [1.165, 1.54) is 24.0 Å². The molecule has 3 aliphatic rings. The molecule has 0 spiro atoms. The number of ether oxygens (including phenoxy) is 1. The van der Waals surface area contributed by atoms with Crippen LogP contribution >= 0.6 is 0 Å². The summed E-state index contributed by atoms with van der Waals surface area (Å²) < 4.78 is 6.03. The van der Waals surface area contributed by atoms with Crippen molar-refractivity contribution < 1.29 is 14.9 Å². The van der Waals surface area contributed by atoms with E-state index in [1.54, 1.807) is 12.1 Å². The predicted octanol–water partition coefficient (Wildman–Crippen LogP) is 3.33. The number of hydrogen-bond donors (Lipinski definition) is 2. The van der Waals surface area contributed by atoms with Crippen LogP contribution in [0.3, 0.4) is 0 Å². The third-order valence-corrected chi connectivity index (χ3v) is 6.01. The Balaban J connectivity index is 1.74. The van der Waals surface area contributed by atoms with Crippen LogP contribution < -0.4 is 0 Å². The second-order valence-corrected chi connectivity index (χ2v) is 6.94. The first-order valence-corrected chi connectivity index (χ1v) is 7.77. The Hall–Kier alpha value is -1.22. The van der Waals surface area contributed by atoms with Gasteiger partial charge in [-0.3, -0.25) is 0 Å². The molecule has 0 radical (unpaired) electrons. The van der Waals surface area contributed by atoms with Crippen molar-refractivity contribution in [3.63, 3.8) is 0 Å². The van der Waals surface area contributed by atoms with Crippen LogP contribution in [0.5, 0.6) is 11.5 Å². The summed E-state index contributed by atoms with van der Waals surface area (Å²) in [4.78, 5) is 0. The van der Waals surface area contributed by atoms with Crippen molar-refractivity contribution in [1.82, 2.24) is 0 Å². The fourth-order valence-corrected chi connectivity index (χ4v) is 5.00. The summed E-state index contributed by atoms with van der Waals surface area (Å²) >= 11 is 0. The van der Waals surface area contributed by atoms with Crippen molar-refractivity contribution in [1.29, 1.82) is 0 Å². The topological polar surface area (TPSA) is 49.7 Å². The molecule has 0 aromatic heterocycles. The van der Waals surface area contributed by atoms with Gasteiger partial charge in [0.25, 0.3) is 0 Å². The quantitative estimate of drug-likeness (QED) is 0.713. The Morgan fingerprint density at radius 2 is 1.95 bits per heavy atom. The molecular formula is C17H22O3. The molecule has 2 fully saturated rings. The summed E-state index contributed by atoms with van der Waals surface area (Å²) in [6.45, 7) is 3.18. The monoisotopic (exact) mass is 274 g/mol. The van der Waals surface area contributed by atoms with Gasteiger partial charge in [-0.05, 0) is 80.0 Å². The normalized spacial score (nSPS) is 39.0. The SMILES string of the molecule is C[C@]12CC[C@@H]3c4cc(O)c(O)cc4CC[C@H]3[C@@H]1CCO2. The average molecular weight is 274 g/mol. The molecule has 0 unspecified atom stereocenters. The zero-order chi connectivity index (χ0) is 13.9. The minimum atomic E-state index is 0.0204. The van der Waals surface area contributed by atoms with Crippen LogP contribution in [0.1, 0.15) is 49.7 Å². The molecule has 0 amide bonds. The zero-order valence-corrected chi connectivity index (χ0v) is 11.9. The standard InChI is InChI=1S/C17H22O3/c1-17-6-4-11-12(14(17)5-7-20-17)3-2-10-8-15(18)16(19)9-13(10)11/h8-9,11-12,14,18-19H,2-7H2,1H3/t11-,12+,14-,17-/m0/s1. The smallest absolute Gasteiger partial charge is 0.157 e. The largest absolute Gasteiger partial charge is 0.504 e. The molecule has 1 aliphatic heterocycles. The fourth-order valence-electron chi connectivity index (χ4n) is 5.00. The molecular weight excluding hydrogens is 252 g/mol. The number of aromatic hydroxyl groups is 2. The van der Waals surface area contributed by atoms with Gasteiger partial charge in [0, 0.05) is 6.61 Å². The highest BCUT2D eigenvalue weighted by Gasteiger charge is 2.51. The lowest BCUT2D eigenvalue weighted by Crippen LogP contribution is -2.44. The van der Waals surface area contributed by atoms with Gasteiger partial charge >= 0.3 is 0 Å². The predicted molar refractivity (Wildman–Crippen MR) is 76.0 cm³/mol. The maximum Gasteiger partial charge on any atom is 0.157 e. The maximum absolute atomic E-state index is 9.83. The molecule has 1 saturated heterocycles. The van der Waals surface area contributed by atoms with E-state index in [0.717, 1.165) is 25.9 Å². The average Bonchev–Trinajstić information content (AvgIpc) is 2.82. The minimum absolute atomic E-state index is 0.0204. The molecule has 1 aromatic rings. The molecule has 1 aromatic carbocycles. The molecule has 20 heavy (non-hydrogen) atoms. The van der Waals surface area contributed by atoms with E-state index in [0.29, 0.717) is 17.8 Å². The molecule has 3 nitrogen and oxygen atoms in total. The summed E-state index contributed by atoms with van der Waals surface area (Å²) in [7, 11) is 0. The number of phenolic OH excluding ortho intramolecular Hbond substituents is 2. The fraction of sp³-hybridized carbons (Fsp3) is 0.647. The highest BCUT2D eigenvalue weighted by molar-refractivity contribution is 5.48. The highest BCUT2D eigenvalue weighted by atomic mass is 16.5. The van der Waals surface area contributed by atoms with Gasteiger partial charge in [0.2, 0.25) is 0 Å². The van der Waals surface area contributed by atoms with Gasteiger partial charge in [0.15, 0.2) is 11.5 Å². The van der Waals surface area contributed by atoms with Crippen LogP contribution in [-0.4, -0.2) is 22.4 Å². The molecule has 108 valence electrons. The van der Waals surface area contributed by atoms with Gasteiger partial charge in [0.05, 0.1) is 5.60 Å². The molecule has 1 heterocycles. The van der Waals surface area contributed by atoms with Gasteiger partial charge in [-0.1, -0.05) is 0 Å². The van der Waals surface area contributed by atoms with E-state index in [4.69, 9.17) is 4.74 Å². The van der Waals surface area contributed by atoms with Crippen molar-refractivity contribution >= 4 is 0 Å². The number of hydrogen-bond acceptors (Lipinski definition) is 3. The second kappa shape index (κ2) is 4.14.